The fourth-order valence-corrected chi connectivity index (χ4v) is 1.86. The second-order valence-corrected chi connectivity index (χ2v) is 4.45. The van der Waals surface area contributed by atoms with Crippen molar-refractivity contribution in [2.75, 3.05) is 0 Å². The van der Waals surface area contributed by atoms with E-state index < -0.39 is 17.9 Å². The van der Waals surface area contributed by atoms with Gasteiger partial charge in [-0.2, -0.15) is 0 Å². The second-order valence-electron chi connectivity index (χ2n) is 4.45. The van der Waals surface area contributed by atoms with Gasteiger partial charge in [-0.1, -0.05) is 12.1 Å². The molecule has 0 aliphatic heterocycles. The number of pyridine rings is 1. The van der Waals surface area contributed by atoms with Crippen molar-refractivity contribution < 1.29 is 19.1 Å². The predicted molar refractivity (Wildman–Crippen MR) is 73.5 cm³/mol. The molecule has 1 aromatic carbocycles. The fourth-order valence-electron chi connectivity index (χ4n) is 1.86. The van der Waals surface area contributed by atoms with Crippen LogP contribution in [0.3, 0.4) is 0 Å². The molecule has 2 aromatic rings. The minimum Gasteiger partial charge on any atom is -0.478 e. The van der Waals surface area contributed by atoms with E-state index in [-0.39, 0.29) is 17.1 Å². The van der Waals surface area contributed by atoms with E-state index >= 15 is 0 Å². The molecule has 1 aromatic heterocycles. The molecule has 1 amide bonds. The van der Waals surface area contributed by atoms with E-state index in [0.717, 1.165) is 0 Å². The quantitative estimate of drug-likeness (QED) is 0.905. The summed E-state index contributed by atoms with van der Waals surface area (Å²) in [6, 6.07) is 8.05. The van der Waals surface area contributed by atoms with Gasteiger partial charge in [0.2, 0.25) is 0 Å². The molecule has 0 aliphatic rings. The van der Waals surface area contributed by atoms with Crippen LogP contribution in [0.15, 0.2) is 42.6 Å². The Morgan fingerprint density at radius 1 is 1.24 bits per heavy atom. The summed E-state index contributed by atoms with van der Waals surface area (Å²) in [4.78, 5) is 27.0. The highest BCUT2D eigenvalue weighted by molar-refractivity contribution is 6.03. The van der Waals surface area contributed by atoms with E-state index in [1.165, 1.54) is 30.5 Å². The van der Waals surface area contributed by atoms with Crippen LogP contribution in [0.1, 0.15) is 39.4 Å². The molecule has 0 aliphatic carbocycles. The summed E-state index contributed by atoms with van der Waals surface area (Å²) < 4.78 is 12.9. The van der Waals surface area contributed by atoms with Gasteiger partial charge < -0.3 is 10.4 Å². The number of hydrogen-bond donors (Lipinski definition) is 2. The molecule has 2 rings (SSSR count). The second kappa shape index (κ2) is 6.13. The molecule has 0 fully saturated rings. The maximum absolute atomic E-state index is 12.9. The molecule has 1 heterocycles. The van der Waals surface area contributed by atoms with Crippen LogP contribution in [0, 0.1) is 5.82 Å². The number of carbonyl (C=O) groups is 2. The van der Waals surface area contributed by atoms with Crippen LogP contribution in [-0.2, 0) is 0 Å². The first-order valence-corrected chi connectivity index (χ1v) is 6.23. The lowest BCUT2D eigenvalue weighted by molar-refractivity contribution is 0.0689. The van der Waals surface area contributed by atoms with Crippen molar-refractivity contribution in [2.24, 2.45) is 0 Å². The van der Waals surface area contributed by atoms with E-state index in [1.54, 1.807) is 19.1 Å². The first-order valence-electron chi connectivity index (χ1n) is 6.23. The number of nitrogens with zero attached hydrogens (tertiary/aromatic N) is 1. The third-order valence-electron chi connectivity index (χ3n) is 2.97. The predicted octanol–water partition coefficient (Wildman–Crippen LogP) is 2.41. The standard InChI is InChI=1S/C15H13FN2O3/c1-9(10-4-6-11(16)7-5-10)18-14(19)13-12(15(20)21)3-2-8-17-13/h2-9H,1H3,(H,18,19)(H,20,21)/t9-/m1/s1. The smallest absolute Gasteiger partial charge is 0.338 e. The molecule has 5 nitrogen and oxygen atoms in total. The number of nitrogens with one attached hydrogen (secondary N) is 1. The van der Waals surface area contributed by atoms with E-state index in [1.807, 2.05) is 0 Å². The summed E-state index contributed by atoms with van der Waals surface area (Å²) in [5.41, 5.74) is 0.387. The van der Waals surface area contributed by atoms with Crippen molar-refractivity contribution in [2.45, 2.75) is 13.0 Å². The molecule has 0 saturated carbocycles. The fraction of sp³-hybridized carbons (Fsp3) is 0.133. The number of halogens is 1. The first-order chi connectivity index (χ1) is 9.99. The van der Waals surface area contributed by atoms with Crippen molar-refractivity contribution >= 4 is 11.9 Å². The summed E-state index contributed by atoms with van der Waals surface area (Å²) >= 11 is 0. The maximum Gasteiger partial charge on any atom is 0.338 e. The molecule has 2 N–H and O–H groups in total. The number of carbonyl (C=O) groups excluding carboxylic acids is 1. The molecular weight excluding hydrogens is 275 g/mol. The third kappa shape index (κ3) is 3.42. The van der Waals surface area contributed by atoms with Crippen molar-refractivity contribution in [3.05, 3.63) is 65.2 Å². The molecule has 0 bridgehead atoms. The Balaban J connectivity index is 2.18. The summed E-state index contributed by atoms with van der Waals surface area (Å²) in [5, 5.41) is 11.7. The Bertz CT molecular complexity index is 671. The molecule has 108 valence electrons. The zero-order valence-corrected chi connectivity index (χ0v) is 11.2. The minimum atomic E-state index is -1.22. The van der Waals surface area contributed by atoms with Gasteiger partial charge in [0, 0.05) is 6.20 Å². The average molecular weight is 288 g/mol. The van der Waals surface area contributed by atoms with Crippen LogP contribution < -0.4 is 5.32 Å². The minimum absolute atomic E-state index is 0.154. The monoisotopic (exact) mass is 288 g/mol. The van der Waals surface area contributed by atoms with Crippen LogP contribution in [0.5, 0.6) is 0 Å². The van der Waals surface area contributed by atoms with Gasteiger partial charge in [0.05, 0.1) is 11.6 Å². The summed E-state index contributed by atoms with van der Waals surface area (Å²) in [7, 11) is 0. The van der Waals surface area contributed by atoms with Gasteiger partial charge in [0.25, 0.3) is 5.91 Å². The lowest BCUT2D eigenvalue weighted by Gasteiger charge is -2.14. The first kappa shape index (κ1) is 14.6. The van der Waals surface area contributed by atoms with Gasteiger partial charge in [-0.25, -0.2) is 9.18 Å². The van der Waals surface area contributed by atoms with Crippen molar-refractivity contribution in [3.8, 4) is 0 Å². The number of benzene rings is 1. The largest absolute Gasteiger partial charge is 0.478 e. The van der Waals surface area contributed by atoms with E-state index in [2.05, 4.69) is 10.3 Å². The zero-order valence-electron chi connectivity index (χ0n) is 11.2. The molecule has 6 heteroatoms. The Morgan fingerprint density at radius 3 is 2.52 bits per heavy atom. The highest BCUT2D eigenvalue weighted by Gasteiger charge is 2.19. The van der Waals surface area contributed by atoms with Crippen LogP contribution in [-0.4, -0.2) is 22.0 Å². The van der Waals surface area contributed by atoms with Crippen LogP contribution in [0.4, 0.5) is 4.39 Å². The number of aromatic carboxylic acids is 1. The Hall–Kier alpha value is -2.76. The van der Waals surface area contributed by atoms with Crippen molar-refractivity contribution in [1.29, 1.82) is 0 Å². The molecule has 0 spiro atoms. The summed E-state index contributed by atoms with van der Waals surface area (Å²) in [6.07, 6.45) is 1.35. The summed E-state index contributed by atoms with van der Waals surface area (Å²) in [6.45, 7) is 1.72. The number of rotatable bonds is 4. The Labute approximate surface area is 120 Å². The molecule has 0 radical (unpaired) electrons. The van der Waals surface area contributed by atoms with E-state index in [0.29, 0.717) is 5.56 Å². The third-order valence-corrected chi connectivity index (χ3v) is 2.97. The number of aromatic nitrogens is 1. The van der Waals surface area contributed by atoms with Crippen LogP contribution in [0.2, 0.25) is 0 Å². The topological polar surface area (TPSA) is 79.3 Å². The van der Waals surface area contributed by atoms with Crippen molar-refractivity contribution in [3.63, 3.8) is 0 Å². The normalized spacial score (nSPS) is 11.7. The molecule has 21 heavy (non-hydrogen) atoms. The average Bonchev–Trinajstić information content (AvgIpc) is 2.47. The lowest BCUT2D eigenvalue weighted by Crippen LogP contribution is -2.29. The molecule has 0 saturated heterocycles. The number of carboxylic acids is 1. The van der Waals surface area contributed by atoms with Gasteiger partial charge in [-0.05, 0) is 36.8 Å². The number of hydrogen-bond acceptors (Lipinski definition) is 3. The van der Waals surface area contributed by atoms with Gasteiger partial charge in [0.15, 0.2) is 0 Å². The van der Waals surface area contributed by atoms with Gasteiger partial charge in [0.1, 0.15) is 11.5 Å². The van der Waals surface area contributed by atoms with E-state index in [9.17, 15) is 14.0 Å². The number of amides is 1. The maximum atomic E-state index is 12.9. The van der Waals surface area contributed by atoms with Crippen LogP contribution in [0.25, 0.3) is 0 Å². The van der Waals surface area contributed by atoms with Gasteiger partial charge in [-0.15, -0.1) is 0 Å². The van der Waals surface area contributed by atoms with Crippen molar-refractivity contribution in [1.82, 2.24) is 10.3 Å². The SMILES string of the molecule is C[C@@H](NC(=O)c1ncccc1C(=O)O)c1ccc(F)cc1. The lowest BCUT2D eigenvalue weighted by atomic mass is 10.1. The van der Waals surface area contributed by atoms with Gasteiger partial charge in [-0.3, -0.25) is 9.78 Å². The van der Waals surface area contributed by atoms with Crippen LogP contribution >= 0.6 is 0 Å². The highest BCUT2D eigenvalue weighted by Crippen LogP contribution is 2.14. The van der Waals surface area contributed by atoms with Gasteiger partial charge >= 0.3 is 5.97 Å². The number of carboxylic acid groups (broad SMARTS) is 1. The molecular formula is C15H13FN2O3. The Kier molecular flexibility index (Phi) is 4.27. The van der Waals surface area contributed by atoms with E-state index in [4.69, 9.17) is 5.11 Å². The summed E-state index contributed by atoms with van der Waals surface area (Å²) in [5.74, 6) is -2.18. The Morgan fingerprint density at radius 2 is 1.90 bits per heavy atom. The molecule has 1 atom stereocenters. The highest BCUT2D eigenvalue weighted by atomic mass is 19.1. The zero-order chi connectivity index (χ0) is 15.4. The molecule has 0 unspecified atom stereocenters.